The zero-order valence-electron chi connectivity index (χ0n) is 8.88. The molecule has 15 heavy (non-hydrogen) atoms. The van der Waals surface area contributed by atoms with Gasteiger partial charge in [-0.1, -0.05) is 0 Å². The normalized spacial score (nSPS) is 26.0. The molecule has 3 nitrogen and oxygen atoms in total. The van der Waals surface area contributed by atoms with Gasteiger partial charge in [-0.25, -0.2) is 0 Å². The zero-order chi connectivity index (χ0) is 10.7. The Morgan fingerprint density at radius 1 is 1.53 bits per heavy atom. The Hall–Kier alpha value is -0.320. The monoisotopic (exact) mass is 273 g/mol. The lowest BCUT2D eigenvalue weighted by atomic mass is 10.0. The average molecular weight is 274 g/mol. The van der Waals surface area contributed by atoms with E-state index >= 15 is 0 Å². The van der Waals surface area contributed by atoms with Crippen LogP contribution in [0.3, 0.4) is 0 Å². The summed E-state index contributed by atoms with van der Waals surface area (Å²) in [6, 6.07) is 3.87. The molecule has 4 heteroatoms. The minimum absolute atomic E-state index is 0.0177. The molecule has 1 aliphatic heterocycles. The lowest BCUT2D eigenvalue weighted by Gasteiger charge is -2.23. The van der Waals surface area contributed by atoms with Crippen molar-refractivity contribution in [1.82, 2.24) is 5.32 Å². The number of rotatable bonds is 4. The summed E-state index contributed by atoms with van der Waals surface area (Å²) >= 11 is 3.28. The maximum Gasteiger partial charge on any atom is 0.169 e. The van der Waals surface area contributed by atoms with E-state index in [0.29, 0.717) is 0 Å². The summed E-state index contributed by atoms with van der Waals surface area (Å²) in [5, 5.41) is 3.36. The Kier molecular flexibility index (Phi) is 3.49. The Bertz CT molecular complexity index is 318. The third kappa shape index (κ3) is 3.06. The minimum Gasteiger partial charge on any atom is -0.453 e. The molecule has 1 fully saturated rings. The number of nitrogens with one attached hydrogen (secondary N) is 1. The molecular formula is C11H16BrNO2. The van der Waals surface area contributed by atoms with Gasteiger partial charge < -0.3 is 14.5 Å². The number of halogens is 1. The lowest BCUT2D eigenvalue weighted by molar-refractivity contribution is 0.0204. The quantitative estimate of drug-likeness (QED) is 0.916. The summed E-state index contributed by atoms with van der Waals surface area (Å²) in [4.78, 5) is 0. The van der Waals surface area contributed by atoms with Gasteiger partial charge in [0.25, 0.3) is 0 Å². The highest BCUT2D eigenvalue weighted by Crippen LogP contribution is 2.24. The van der Waals surface area contributed by atoms with E-state index in [2.05, 4.69) is 28.2 Å². The molecule has 0 bridgehead atoms. The van der Waals surface area contributed by atoms with Crippen LogP contribution in [0, 0.1) is 0 Å². The maximum atomic E-state index is 5.68. The molecule has 1 aromatic rings. The predicted molar refractivity (Wildman–Crippen MR) is 61.7 cm³/mol. The Labute approximate surface area is 98.3 Å². The number of hydrogen-bond donors (Lipinski definition) is 1. The van der Waals surface area contributed by atoms with E-state index in [-0.39, 0.29) is 5.60 Å². The van der Waals surface area contributed by atoms with E-state index in [9.17, 15) is 0 Å². The molecule has 2 heterocycles. The van der Waals surface area contributed by atoms with Crippen molar-refractivity contribution in [3.05, 3.63) is 22.6 Å². The van der Waals surface area contributed by atoms with Gasteiger partial charge >= 0.3 is 0 Å². The molecule has 1 saturated heterocycles. The summed E-state index contributed by atoms with van der Waals surface area (Å²) in [5.74, 6) is 0.948. The Morgan fingerprint density at radius 2 is 2.40 bits per heavy atom. The molecule has 84 valence electrons. The van der Waals surface area contributed by atoms with E-state index in [1.54, 1.807) is 0 Å². The highest BCUT2D eigenvalue weighted by atomic mass is 79.9. The van der Waals surface area contributed by atoms with Gasteiger partial charge in [-0.2, -0.15) is 0 Å². The van der Waals surface area contributed by atoms with Gasteiger partial charge in [-0.05, 0) is 47.8 Å². The summed E-state index contributed by atoms with van der Waals surface area (Å²) < 4.78 is 11.9. The van der Waals surface area contributed by atoms with Gasteiger partial charge in [0.05, 0.1) is 12.1 Å². The first-order valence-electron chi connectivity index (χ1n) is 5.27. The zero-order valence-corrected chi connectivity index (χ0v) is 10.5. The number of ether oxygens (including phenoxy) is 1. The van der Waals surface area contributed by atoms with Crippen LogP contribution >= 0.6 is 15.9 Å². The standard InChI is InChI=1S/C11H16BrNO2/c1-11(5-2-6-14-11)8-13-7-9-3-4-10(12)15-9/h3-4,13H,2,5-8H2,1H3. The van der Waals surface area contributed by atoms with Crippen LogP contribution in [0.2, 0.25) is 0 Å². The molecule has 1 aromatic heterocycles. The number of furan rings is 1. The molecule has 0 aliphatic carbocycles. The molecule has 1 aliphatic rings. The largest absolute Gasteiger partial charge is 0.453 e. The van der Waals surface area contributed by atoms with E-state index in [1.807, 2.05) is 12.1 Å². The molecule has 0 amide bonds. The smallest absolute Gasteiger partial charge is 0.169 e. The van der Waals surface area contributed by atoms with Gasteiger partial charge in [0.15, 0.2) is 4.67 Å². The summed E-state index contributed by atoms with van der Waals surface area (Å²) in [6.45, 7) is 4.69. The van der Waals surface area contributed by atoms with Crippen molar-refractivity contribution in [3.8, 4) is 0 Å². The van der Waals surface area contributed by atoms with Crippen molar-refractivity contribution >= 4 is 15.9 Å². The van der Waals surface area contributed by atoms with Gasteiger partial charge in [-0.15, -0.1) is 0 Å². The second-order valence-electron chi connectivity index (χ2n) is 4.21. The fourth-order valence-electron chi connectivity index (χ4n) is 1.87. The van der Waals surface area contributed by atoms with Crippen molar-refractivity contribution in [2.24, 2.45) is 0 Å². The van der Waals surface area contributed by atoms with Crippen molar-refractivity contribution in [3.63, 3.8) is 0 Å². The average Bonchev–Trinajstić information content (AvgIpc) is 2.76. The van der Waals surface area contributed by atoms with Crippen LogP contribution in [0.15, 0.2) is 21.2 Å². The summed E-state index contributed by atoms with van der Waals surface area (Å²) in [7, 11) is 0. The molecule has 0 saturated carbocycles. The SMILES string of the molecule is CC1(CNCc2ccc(Br)o2)CCCO1. The van der Waals surface area contributed by atoms with Crippen molar-refractivity contribution < 1.29 is 9.15 Å². The second kappa shape index (κ2) is 4.68. The highest BCUT2D eigenvalue weighted by molar-refractivity contribution is 9.10. The van der Waals surface area contributed by atoms with Crippen molar-refractivity contribution in [1.29, 1.82) is 0 Å². The molecule has 0 spiro atoms. The van der Waals surface area contributed by atoms with Crippen LogP contribution < -0.4 is 5.32 Å². The fraction of sp³-hybridized carbons (Fsp3) is 0.636. The maximum absolute atomic E-state index is 5.68. The van der Waals surface area contributed by atoms with Gasteiger partial charge in [0.2, 0.25) is 0 Å². The van der Waals surface area contributed by atoms with E-state index in [0.717, 1.165) is 36.5 Å². The highest BCUT2D eigenvalue weighted by Gasteiger charge is 2.28. The molecule has 1 unspecified atom stereocenters. The van der Waals surface area contributed by atoms with Crippen LogP contribution in [0.4, 0.5) is 0 Å². The van der Waals surface area contributed by atoms with Crippen LogP contribution in [-0.4, -0.2) is 18.8 Å². The van der Waals surface area contributed by atoms with Crippen molar-refractivity contribution in [2.45, 2.75) is 31.9 Å². The molecule has 0 aromatic carbocycles. The summed E-state index contributed by atoms with van der Waals surface area (Å²) in [6.07, 6.45) is 2.31. The lowest BCUT2D eigenvalue weighted by Crippen LogP contribution is -2.36. The molecule has 1 atom stereocenters. The first-order chi connectivity index (χ1) is 7.18. The summed E-state index contributed by atoms with van der Waals surface area (Å²) in [5.41, 5.74) is 0.0177. The molecule has 0 radical (unpaired) electrons. The Balaban J connectivity index is 1.75. The second-order valence-corrected chi connectivity index (χ2v) is 4.99. The first kappa shape index (κ1) is 11.2. The minimum atomic E-state index is 0.0177. The van der Waals surface area contributed by atoms with Crippen LogP contribution in [-0.2, 0) is 11.3 Å². The van der Waals surface area contributed by atoms with Gasteiger partial charge in [0.1, 0.15) is 5.76 Å². The van der Waals surface area contributed by atoms with E-state index < -0.39 is 0 Å². The van der Waals surface area contributed by atoms with Gasteiger partial charge in [0, 0.05) is 13.2 Å². The topological polar surface area (TPSA) is 34.4 Å². The van der Waals surface area contributed by atoms with E-state index in [4.69, 9.17) is 9.15 Å². The third-order valence-corrected chi connectivity index (χ3v) is 3.15. The van der Waals surface area contributed by atoms with Crippen LogP contribution in [0.1, 0.15) is 25.5 Å². The first-order valence-corrected chi connectivity index (χ1v) is 6.06. The molecule has 1 N–H and O–H groups in total. The molecular weight excluding hydrogens is 258 g/mol. The van der Waals surface area contributed by atoms with Crippen molar-refractivity contribution in [2.75, 3.05) is 13.2 Å². The molecule has 2 rings (SSSR count). The fourth-order valence-corrected chi connectivity index (χ4v) is 2.21. The van der Waals surface area contributed by atoms with Crippen LogP contribution in [0.25, 0.3) is 0 Å². The third-order valence-electron chi connectivity index (χ3n) is 2.73. The van der Waals surface area contributed by atoms with E-state index in [1.165, 1.54) is 6.42 Å². The van der Waals surface area contributed by atoms with Gasteiger partial charge in [-0.3, -0.25) is 0 Å². The Morgan fingerprint density at radius 3 is 3.00 bits per heavy atom. The predicted octanol–water partition coefficient (Wildman–Crippen LogP) is 2.70. The number of hydrogen-bond acceptors (Lipinski definition) is 3. The van der Waals surface area contributed by atoms with Crippen LogP contribution in [0.5, 0.6) is 0 Å².